The Morgan fingerprint density at radius 1 is 1.18 bits per heavy atom. The van der Waals surface area contributed by atoms with Crippen LogP contribution in [0.3, 0.4) is 0 Å². The van der Waals surface area contributed by atoms with Crippen LogP contribution in [0.2, 0.25) is 0 Å². The molecule has 0 bridgehead atoms. The Morgan fingerprint density at radius 2 is 1.95 bits per heavy atom. The number of fused-ring (bicyclic) bond motifs is 1. The summed E-state index contributed by atoms with van der Waals surface area (Å²) in [6.07, 6.45) is 2.17. The van der Waals surface area contributed by atoms with Crippen molar-refractivity contribution in [2.75, 3.05) is 13.1 Å². The predicted molar refractivity (Wildman–Crippen MR) is 89.8 cm³/mol. The van der Waals surface area contributed by atoms with E-state index in [1.807, 2.05) is 6.07 Å². The molecule has 3 rings (SSSR count). The van der Waals surface area contributed by atoms with E-state index in [0.29, 0.717) is 13.1 Å². The van der Waals surface area contributed by atoms with Crippen LogP contribution in [0, 0.1) is 0 Å². The molecule has 1 N–H and O–H groups in total. The first-order valence-electron chi connectivity index (χ1n) is 7.45. The summed E-state index contributed by atoms with van der Waals surface area (Å²) in [5, 5.41) is 10.3. The largest absolute Gasteiger partial charge is 0.390 e. The van der Waals surface area contributed by atoms with Gasteiger partial charge in [0.2, 0.25) is 0 Å². The lowest BCUT2D eigenvalue weighted by Gasteiger charge is -2.30. The van der Waals surface area contributed by atoms with Crippen molar-refractivity contribution < 1.29 is 5.11 Å². The molecule has 0 spiro atoms. The van der Waals surface area contributed by atoms with Crippen LogP contribution in [0.5, 0.6) is 0 Å². The fraction of sp³-hybridized carbons (Fsp3) is 0.353. The Balaban J connectivity index is 1.61. The van der Waals surface area contributed by atoms with Gasteiger partial charge in [0.05, 0.1) is 12.6 Å². The lowest BCUT2D eigenvalue weighted by molar-refractivity contribution is 0.0909. The Bertz CT molecular complexity index is 714. The lowest BCUT2D eigenvalue weighted by Crippen LogP contribution is -2.39. The van der Waals surface area contributed by atoms with Gasteiger partial charge in [-0.3, -0.25) is 9.69 Å². The van der Waals surface area contributed by atoms with Crippen molar-refractivity contribution >= 4 is 15.9 Å². The maximum atomic E-state index is 11.8. The number of benzene rings is 1. The zero-order valence-corrected chi connectivity index (χ0v) is 13.9. The van der Waals surface area contributed by atoms with Crippen molar-refractivity contribution in [3.05, 3.63) is 68.5 Å². The highest BCUT2D eigenvalue weighted by molar-refractivity contribution is 9.10. The predicted octanol–water partition coefficient (Wildman–Crippen LogP) is 2.03. The minimum atomic E-state index is -0.552. The molecule has 5 heteroatoms. The maximum Gasteiger partial charge on any atom is 0.251 e. The number of aliphatic hydroxyl groups is 1. The van der Waals surface area contributed by atoms with E-state index >= 15 is 0 Å². The average Bonchev–Trinajstić information content (AvgIpc) is 2.50. The van der Waals surface area contributed by atoms with Gasteiger partial charge < -0.3 is 9.67 Å². The second-order valence-corrected chi connectivity index (χ2v) is 6.66. The molecule has 1 aromatic carbocycles. The molecule has 0 saturated carbocycles. The zero-order chi connectivity index (χ0) is 15.5. The van der Waals surface area contributed by atoms with Crippen LogP contribution in [0.25, 0.3) is 0 Å². The number of pyridine rings is 1. The summed E-state index contributed by atoms with van der Waals surface area (Å²) < 4.78 is 2.31. The molecule has 2 aromatic rings. The number of hydrogen-bond acceptors (Lipinski definition) is 3. The number of hydrogen-bond donors (Lipinski definition) is 1. The first-order valence-corrected chi connectivity index (χ1v) is 8.24. The van der Waals surface area contributed by atoms with E-state index in [-0.39, 0.29) is 5.56 Å². The summed E-state index contributed by atoms with van der Waals surface area (Å²) in [6.45, 7) is 2.72. The van der Waals surface area contributed by atoms with E-state index in [4.69, 9.17) is 0 Å². The molecule has 0 fully saturated rings. The Hall–Kier alpha value is -1.43. The van der Waals surface area contributed by atoms with Crippen molar-refractivity contribution in [1.82, 2.24) is 9.47 Å². The monoisotopic (exact) mass is 362 g/mol. The van der Waals surface area contributed by atoms with Crippen LogP contribution < -0.4 is 5.56 Å². The minimum absolute atomic E-state index is 0.0996. The van der Waals surface area contributed by atoms with E-state index in [2.05, 4.69) is 45.1 Å². The molecule has 2 heterocycles. The van der Waals surface area contributed by atoms with Crippen LogP contribution in [0.4, 0.5) is 0 Å². The van der Waals surface area contributed by atoms with Crippen LogP contribution in [0.15, 0.2) is 51.9 Å². The van der Waals surface area contributed by atoms with Gasteiger partial charge in [-0.2, -0.15) is 0 Å². The molecule has 0 saturated heterocycles. The van der Waals surface area contributed by atoms with Gasteiger partial charge in [-0.15, -0.1) is 0 Å². The van der Waals surface area contributed by atoms with Crippen molar-refractivity contribution in [2.45, 2.75) is 25.6 Å². The molecule has 0 aliphatic carbocycles. The summed E-state index contributed by atoms with van der Waals surface area (Å²) in [5.74, 6) is 0. The smallest absolute Gasteiger partial charge is 0.251 e. The highest BCUT2D eigenvalue weighted by atomic mass is 79.9. The summed E-state index contributed by atoms with van der Waals surface area (Å²) >= 11 is 3.27. The Morgan fingerprint density at radius 3 is 2.73 bits per heavy atom. The van der Waals surface area contributed by atoms with Crippen molar-refractivity contribution in [3.8, 4) is 0 Å². The Kier molecular flexibility index (Phi) is 4.76. The first kappa shape index (κ1) is 15.5. The minimum Gasteiger partial charge on any atom is -0.390 e. The van der Waals surface area contributed by atoms with Gasteiger partial charge in [0.15, 0.2) is 0 Å². The lowest BCUT2D eigenvalue weighted by atomic mass is 10.00. The zero-order valence-electron chi connectivity index (χ0n) is 12.3. The highest BCUT2D eigenvalue weighted by Crippen LogP contribution is 2.18. The molecule has 4 nitrogen and oxygen atoms in total. The summed E-state index contributed by atoms with van der Waals surface area (Å²) in [6, 6.07) is 11.8. The topological polar surface area (TPSA) is 45.5 Å². The Labute approximate surface area is 138 Å². The van der Waals surface area contributed by atoms with Crippen molar-refractivity contribution in [1.29, 1.82) is 0 Å². The SMILES string of the molecule is O=c1cc(Br)ccn1C[C@H](O)CN1CCc2ccccc2C1. The van der Waals surface area contributed by atoms with Gasteiger partial charge in [-0.1, -0.05) is 40.2 Å². The van der Waals surface area contributed by atoms with Gasteiger partial charge in [0.25, 0.3) is 5.56 Å². The third-order valence-electron chi connectivity index (χ3n) is 4.04. The summed E-state index contributed by atoms with van der Waals surface area (Å²) in [5.41, 5.74) is 2.64. The van der Waals surface area contributed by atoms with Gasteiger partial charge in [0.1, 0.15) is 0 Å². The molecule has 116 valence electrons. The highest BCUT2D eigenvalue weighted by Gasteiger charge is 2.18. The number of nitrogens with zero attached hydrogens (tertiary/aromatic N) is 2. The molecule has 0 unspecified atom stereocenters. The number of aromatic nitrogens is 1. The first-order chi connectivity index (χ1) is 10.6. The van der Waals surface area contributed by atoms with E-state index in [0.717, 1.165) is 24.0 Å². The second-order valence-electron chi connectivity index (χ2n) is 5.74. The molecule has 1 atom stereocenters. The molecular weight excluding hydrogens is 344 g/mol. The van der Waals surface area contributed by atoms with E-state index in [9.17, 15) is 9.90 Å². The molecule has 1 aliphatic heterocycles. The van der Waals surface area contributed by atoms with Gasteiger partial charge in [0, 0.05) is 36.4 Å². The van der Waals surface area contributed by atoms with Crippen molar-refractivity contribution in [2.24, 2.45) is 0 Å². The van der Waals surface area contributed by atoms with Crippen LogP contribution in [-0.4, -0.2) is 33.8 Å². The summed E-state index contributed by atoms with van der Waals surface area (Å²) in [7, 11) is 0. The molecule has 0 amide bonds. The van der Waals surface area contributed by atoms with E-state index in [1.165, 1.54) is 17.2 Å². The fourth-order valence-corrected chi connectivity index (χ4v) is 3.24. The molecular formula is C17H19BrN2O2. The molecule has 22 heavy (non-hydrogen) atoms. The van der Waals surface area contributed by atoms with E-state index in [1.54, 1.807) is 10.8 Å². The third-order valence-corrected chi connectivity index (χ3v) is 4.54. The average molecular weight is 363 g/mol. The third kappa shape index (κ3) is 3.66. The fourth-order valence-electron chi connectivity index (χ4n) is 2.93. The normalized spacial score (nSPS) is 16.3. The van der Waals surface area contributed by atoms with Gasteiger partial charge >= 0.3 is 0 Å². The van der Waals surface area contributed by atoms with E-state index < -0.39 is 6.10 Å². The van der Waals surface area contributed by atoms with Crippen LogP contribution in [-0.2, 0) is 19.5 Å². The number of β-amino-alcohol motifs (C(OH)–C–C–N with tert-alkyl or cyclic N) is 1. The molecule has 1 aromatic heterocycles. The van der Waals surface area contributed by atoms with Crippen LogP contribution >= 0.6 is 15.9 Å². The molecule has 1 aliphatic rings. The van der Waals surface area contributed by atoms with Gasteiger partial charge in [-0.25, -0.2) is 0 Å². The van der Waals surface area contributed by atoms with Crippen molar-refractivity contribution in [3.63, 3.8) is 0 Å². The standard InChI is InChI=1S/C17H19BrN2O2/c18-15-6-8-20(17(22)9-15)12-16(21)11-19-7-5-13-3-1-2-4-14(13)10-19/h1-4,6,8-9,16,21H,5,7,10-12H2/t16-/m1/s1. The molecule has 0 radical (unpaired) electrons. The summed E-state index contributed by atoms with van der Waals surface area (Å²) in [4.78, 5) is 14.1. The number of halogens is 1. The number of rotatable bonds is 4. The van der Waals surface area contributed by atoms with Crippen LogP contribution in [0.1, 0.15) is 11.1 Å². The number of aliphatic hydroxyl groups excluding tert-OH is 1. The second kappa shape index (κ2) is 6.77. The quantitative estimate of drug-likeness (QED) is 0.904. The maximum absolute atomic E-state index is 11.8. The van der Waals surface area contributed by atoms with Gasteiger partial charge in [-0.05, 0) is 23.6 Å².